The Hall–Kier alpha value is -2.83. The van der Waals surface area contributed by atoms with Gasteiger partial charge >= 0.3 is 5.97 Å². The van der Waals surface area contributed by atoms with Crippen LogP contribution in [0.1, 0.15) is 36.2 Å². The van der Waals surface area contributed by atoms with Gasteiger partial charge in [0, 0.05) is 12.1 Å². The summed E-state index contributed by atoms with van der Waals surface area (Å²) in [5, 5.41) is 16.5. The molecule has 7 heteroatoms. The van der Waals surface area contributed by atoms with Crippen LogP contribution in [0.4, 0.5) is 0 Å². The Morgan fingerprint density at radius 3 is 2.88 bits per heavy atom. The summed E-state index contributed by atoms with van der Waals surface area (Å²) in [6.07, 6.45) is 3.12. The Morgan fingerprint density at radius 1 is 1.25 bits per heavy atom. The highest BCUT2D eigenvalue weighted by Gasteiger charge is 2.32. The van der Waals surface area contributed by atoms with E-state index in [9.17, 15) is 14.7 Å². The average molecular weight is 326 g/mol. The number of amides is 1. The SMILES string of the molecule is O=C(N[C@@H]1CCCC[C@H]1C(=O)O)c1cc2[nH]c3ccccc3n2n1. The van der Waals surface area contributed by atoms with Gasteiger partial charge in [0.05, 0.1) is 17.0 Å². The summed E-state index contributed by atoms with van der Waals surface area (Å²) >= 11 is 0. The number of nitrogens with zero attached hydrogens (tertiary/aromatic N) is 2. The molecule has 1 aliphatic carbocycles. The fourth-order valence-electron chi connectivity index (χ4n) is 3.51. The van der Waals surface area contributed by atoms with Crippen LogP contribution in [-0.2, 0) is 4.79 Å². The number of carboxylic acids is 1. The van der Waals surface area contributed by atoms with E-state index >= 15 is 0 Å². The number of benzene rings is 1. The summed E-state index contributed by atoms with van der Waals surface area (Å²) in [6, 6.07) is 9.07. The van der Waals surface area contributed by atoms with Gasteiger partial charge in [0.15, 0.2) is 5.69 Å². The number of carboxylic acid groups (broad SMARTS) is 1. The first-order chi connectivity index (χ1) is 11.6. The van der Waals surface area contributed by atoms with Crippen molar-refractivity contribution in [1.29, 1.82) is 0 Å². The van der Waals surface area contributed by atoms with E-state index in [-0.39, 0.29) is 11.9 Å². The molecule has 0 radical (unpaired) electrons. The van der Waals surface area contributed by atoms with E-state index in [0.717, 1.165) is 29.5 Å². The fourth-order valence-corrected chi connectivity index (χ4v) is 3.51. The van der Waals surface area contributed by atoms with Crippen LogP contribution in [0.25, 0.3) is 16.7 Å². The maximum atomic E-state index is 12.5. The van der Waals surface area contributed by atoms with Crippen molar-refractivity contribution in [2.24, 2.45) is 5.92 Å². The first-order valence-corrected chi connectivity index (χ1v) is 8.13. The van der Waals surface area contributed by atoms with Gasteiger partial charge in [-0.1, -0.05) is 25.0 Å². The van der Waals surface area contributed by atoms with Gasteiger partial charge in [0.1, 0.15) is 5.65 Å². The molecule has 0 unspecified atom stereocenters. The molecule has 7 nitrogen and oxygen atoms in total. The summed E-state index contributed by atoms with van der Waals surface area (Å²) in [5.41, 5.74) is 2.87. The number of fused-ring (bicyclic) bond motifs is 3. The van der Waals surface area contributed by atoms with E-state index in [4.69, 9.17) is 0 Å². The van der Waals surface area contributed by atoms with Crippen LogP contribution < -0.4 is 5.32 Å². The molecule has 0 saturated heterocycles. The number of aliphatic carboxylic acids is 1. The quantitative estimate of drug-likeness (QED) is 0.687. The van der Waals surface area contributed by atoms with Crippen molar-refractivity contribution in [3.63, 3.8) is 0 Å². The molecule has 1 aromatic carbocycles. The number of imidazole rings is 1. The largest absolute Gasteiger partial charge is 0.481 e. The van der Waals surface area contributed by atoms with Crippen molar-refractivity contribution < 1.29 is 14.7 Å². The lowest BCUT2D eigenvalue weighted by atomic mass is 9.84. The van der Waals surface area contributed by atoms with Crippen LogP contribution in [0, 0.1) is 5.92 Å². The van der Waals surface area contributed by atoms with Crippen molar-refractivity contribution in [1.82, 2.24) is 19.9 Å². The maximum absolute atomic E-state index is 12.5. The molecule has 2 heterocycles. The van der Waals surface area contributed by atoms with Crippen molar-refractivity contribution in [3.05, 3.63) is 36.0 Å². The van der Waals surface area contributed by atoms with Gasteiger partial charge < -0.3 is 15.4 Å². The molecule has 124 valence electrons. The lowest BCUT2D eigenvalue weighted by Crippen LogP contribution is -2.45. The maximum Gasteiger partial charge on any atom is 0.308 e. The van der Waals surface area contributed by atoms with E-state index in [1.54, 1.807) is 10.6 Å². The second kappa shape index (κ2) is 5.67. The number of carbonyl (C=O) groups is 2. The fraction of sp³-hybridized carbons (Fsp3) is 0.353. The van der Waals surface area contributed by atoms with Crippen molar-refractivity contribution >= 4 is 28.6 Å². The third kappa shape index (κ3) is 2.42. The van der Waals surface area contributed by atoms with Gasteiger partial charge in [-0.05, 0) is 25.0 Å². The molecular formula is C17H18N4O3. The number of para-hydroxylation sites is 2. The molecule has 2 aromatic heterocycles. The molecule has 0 bridgehead atoms. The Morgan fingerprint density at radius 2 is 2.04 bits per heavy atom. The van der Waals surface area contributed by atoms with Crippen LogP contribution in [0.2, 0.25) is 0 Å². The molecule has 3 N–H and O–H groups in total. The summed E-state index contributed by atoms with van der Waals surface area (Å²) < 4.78 is 1.69. The number of aromatic amines is 1. The molecule has 1 saturated carbocycles. The minimum absolute atomic E-state index is 0.293. The molecule has 1 aliphatic rings. The van der Waals surface area contributed by atoms with Gasteiger partial charge in [-0.3, -0.25) is 9.59 Å². The Bertz CT molecular complexity index is 926. The van der Waals surface area contributed by atoms with Crippen molar-refractivity contribution in [2.75, 3.05) is 0 Å². The van der Waals surface area contributed by atoms with Crippen molar-refractivity contribution in [3.8, 4) is 0 Å². The molecule has 0 spiro atoms. The third-order valence-corrected chi connectivity index (χ3v) is 4.74. The standard InChI is InChI=1S/C17H18N4O3/c22-16(19-11-6-2-1-5-10(11)17(23)24)13-9-15-18-12-7-3-4-8-14(12)21(15)20-13/h3-4,7-11,18H,1-2,5-6H2,(H,19,22)(H,23,24)/t10-,11-/m1/s1. The van der Waals surface area contributed by atoms with Gasteiger partial charge in [0.25, 0.3) is 5.91 Å². The first-order valence-electron chi connectivity index (χ1n) is 8.13. The Balaban J connectivity index is 1.60. The monoisotopic (exact) mass is 326 g/mol. The molecule has 1 amide bonds. The van der Waals surface area contributed by atoms with Gasteiger partial charge in [-0.25, -0.2) is 4.52 Å². The van der Waals surface area contributed by atoms with Crippen LogP contribution in [0.3, 0.4) is 0 Å². The van der Waals surface area contributed by atoms with E-state index in [1.807, 2.05) is 24.3 Å². The predicted molar refractivity (Wildman–Crippen MR) is 87.9 cm³/mol. The second-order valence-electron chi connectivity index (χ2n) is 6.28. The van der Waals surface area contributed by atoms with Crippen molar-refractivity contribution in [2.45, 2.75) is 31.7 Å². The molecule has 4 rings (SSSR count). The second-order valence-corrected chi connectivity index (χ2v) is 6.28. The Kier molecular flexibility index (Phi) is 3.48. The number of hydrogen-bond donors (Lipinski definition) is 3. The van der Waals surface area contributed by atoms with E-state index in [0.29, 0.717) is 18.5 Å². The first kappa shape index (κ1) is 14.7. The third-order valence-electron chi connectivity index (χ3n) is 4.74. The Labute approximate surface area is 137 Å². The smallest absolute Gasteiger partial charge is 0.308 e. The zero-order valence-corrected chi connectivity index (χ0v) is 13.0. The van der Waals surface area contributed by atoms with Gasteiger partial charge in [-0.15, -0.1) is 0 Å². The zero-order valence-electron chi connectivity index (χ0n) is 13.0. The highest BCUT2D eigenvalue weighted by Crippen LogP contribution is 2.25. The minimum Gasteiger partial charge on any atom is -0.481 e. The lowest BCUT2D eigenvalue weighted by Gasteiger charge is -2.28. The van der Waals surface area contributed by atoms with Crippen LogP contribution >= 0.6 is 0 Å². The highest BCUT2D eigenvalue weighted by atomic mass is 16.4. The van der Waals surface area contributed by atoms with Gasteiger partial charge in [0.2, 0.25) is 0 Å². The van der Waals surface area contributed by atoms with E-state index < -0.39 is 11.9 Å². The van der Waals surface area contributed by atoms with Crippen LogP contribution in [-0.4, -0.2) is 37.6 Å². The average Bonchev–Trinajstić information content (AvgIpc) is 3.13. The van der Waals surface area contributed by atoms with Gasteiger partial charge in [-0.2, -0.15) is 5.10 Å². The number of H-pyrrole nitrogens is 1. The molecule has 1 fully saturated rings. The molecular weight excluding hydrogens is 308 g/mol. The summed E-state index contributed by atoms with van der Waals surface area (Å²) in [7, 11) is 0. The number of carbonyl (C=O) groups excluding carboxylic acids is 1. The topological polar surface area (TPSA) is 99.5 Å². The molecule has 0 aliphatic heterocycles. The lowest BCUT2D eigenvalue weighted by molar-refractivity contribution is -0.143. The highest BCUT2D eigenvalue weighted by molar-refractivity contribution is 5.95. The number of hydrogen-bond acceptors (Lipinski definition) is 3. The molecule has 2 atom stereocenters. The van der Waals surface area contributed by atoms with Crippen LogP contribution in [0.15, 0.2) is 30.3 Å². The summed E-state index contributed by atoms with van der Waals surface area (Å²) in [6.45, 7) is 0. The minimum atomic E-state index is -0.845. The number of rotatable bonds is 3. The summed E-state index contributed by atoms with van der Waals surface area (Å²) in [5.74, 6) is -1.69. The zero-order chi connectivity index (χ0) is 16.7. The van der Waals surface area contributed by atoms with E-state index in [2.05, 4.69) is 15.4 Å². The number of nitrogens with one attached hydrogen (secondary N) is 2. The summed E-state index contributed by atoms with van der Waals surface area (Å²) in [4.78, 5) is 27.1. The number of aromatic nitrogens is 3. The molecule has 3 aromatic rings. The molecule has 24 heavy (non-hydrogen) atoms. The normalized spacial score (nSPS) is 21.2. The van der Waals surface area contributed by atoms with Crippen LogP contribution in [0.5, 0.6) is 0 Å². The van der Waals surface area contributed by atoms with E-state index in [1.165, 1.54) is 0 Å². The predicted octanol–water partition coefficient (Wildman–Crippen LogP) is 2.19.